The fraction of sp³-hybridized carbons (Fsp3) is 0.700. The van der Waals surface area contributed by atoms with E-state index in [9.17, 15) is 4.79 Å². The van der Waals surface area contributed by atoms with E-state index in [1.807, 2.05) is 6.92 Å². The Bertz CT molecular complexity index is 152. The highest BCUT2D eigenvalue weighted by molar-refractivity contribution is 6.19. The van der Waals surface area contributed by atoms with Crippen molar-refractivity contribution < 1.29 is 4.79 Å². The van der Waals surface area contributed by atoms with Crippen molar-refractivity contribution in [3.05, 3.63) is 11.6 Å². The second-order valence-electron chi connectivity index (χ2n) is 3.27. The van der Waals surface area contributed by atoms with E-state index in [1.54, 1.807) is 0 Å². The van der Waals surface area contributed by atoms with Crippen molar-refractivity contribution in [3.63, 3.8) is 0 Å². The van der Waals surface area contributed by atoms with Crippen LogP contribution in [0.4, 0.5) is 0 Å². The zero-order chi connectivity index (χ0) is 9.40. The molecule has 0 rings (SSSR count). The Morgan fingerprint density at radius 2 is 2.25 bits per heavy atom. The van der Waals surface area contributed by atoms with E-state index in [0.717, 1.165) is 19.1 Å². The van der Waals surface area contributed by atoms with Gasteiger partial charge >= 0.3 is 0 Å². The number of halogens is 1. The van der Waals surface area contributed by atoms with E-state index >= 15 is 0 Å². The van der Waals surface area contributed by atoms with Gasteiger partial charge in [-0.1, -0.05) is 18.6 Å². The maximum Gasteiger partial charge on any atom is 0.120 e. The summed E-state index contributed by atoms with van der Waals surface area (Å²) in [5.41, 5.74) is 1.22. The minimum Gasteiger partial charge on any atom is -0.303 e. The maximum atomic E-state index is 10.1. The Labute approximate surface area is 79.8 Å². The van der Waals surface area contributed by atoms with E-state index in [2.05, 4.69) is 13.0 Å². The number of alkyl halides is 1. The third-order valence-corrected chi connectivity index (χ3v) is 2.28. The van der Waals surface area contributed by atoms with Crippen LogP contribution in [0.25, 0.3) is 0 Å². The van der Waals surface area contributed by atoms with Crippen LogP contribution in [-0.2, 0) is 4.79 Å². The third-order valence-electron chi connectivity index (χ3n) is 1.86. The van der Waals surface area contributed by atoms with Crippen molar-refractivity contribution in [2.75, 3.05) is 5.88 Å². The average Bonchev–Trinajstić information content (AvgIpc) is 2.04. The smallest absolute Gasteiger partial charge is 0.120 e. The Morgan fingerprint density at radius 1 is 1.58 bits per heavy atom. The molecule has 0 fully saturated rings. The molecule has 2 heteroatoms. The lowest BCUT2D eigenvalue weighted by atomic mass is 10.0. The number of hydrogen-bond acceptors (Lipinski definition) is 1. The van der Waals surface area contributed by atoms with Crippen molar-refractivity contribution >= 4 is 17.9 Å². The van der Waals surface area contributed by atoms with Crippen molar-refractivity contribution in [2.45, 2.75) is 33.1 Å². The lowest BCUT2D eigenvalue weighted by molar-refractivity contribution is -0.108. The quantitative estimate of drug-likeness (QED) is 0.356. The van der Waals surface area contributed by atoms with Crippen LogP contribution in [-0.4, -0.2) is 12.2 Å². The molecule has 0 aromatic rings. The number of rotatable bonds is 6. The highest BCUT2D eigenvalue weighted by Crippen LogP contribution is 2.10. The number of allylic oxidation sites excluding steroid dienone is 2. The minimum atomic E-state index is 0.502. The second kappa shape index (κ2) is 7.35. The van der Waals surface area contributed by atoms with Gasteiger partial charge in [-0.2, -0.15) is 0 Å². The number of carbonyl (C=O) groups is 1. The molecule has 1 nitrogen and oxygen atoms in total. The molecule has 1 atom stereocenters. The maximum absolute atomic E-state index is 10.1. The molecule has 0 aliphatic carbocycles. The Kier molecular flexibility index (Phi) is 7.17. The average molecular weight is 189 g/mol. The van der Waals surface area contributed by atoms with Crippen molar-refractivity contribution in [1.29, 1.82) is 0 Å². The van der Waals surface area contributed by atoms with Gasteiger partial charge in [-0.05, 0) is 25.7 Å². The Hall–Kier alpha value is -0.300. The molecular formula is C10H17ClO. The standard InChI is InChI=1S/C10H17ClO/c1-9(6-7-12)4-3-5-10(2)8-11/h5,7,9H,3-4,6,8H2,1-2H3/b10-5+/t9-/m0/s1. The summed E-state index contributed by atoms with van der Waals surface area (Å²) < 4.78 is 0. The second-order valence-corrected chi connectivity index (χ2v) is 3.54. The fourth-order valence-corrected chi connectivity index (χ4v) is 1.06. The highest BCUT2D eigenvalue weighted by atomic mass is 35.5. The first-order valence-electron chi connectivity index (χ1n) is 4.36. The molecule has 0 bridgehead atoms. The number of aldehydes is 1. The predicted octanol–water partition coefficient (Wildman–Crippen LogP) is 3.18. The zero-order valence-electron chi connectivity index (χ0n) is 7.85. The van der Waals surface area contributed by atoms with Crippen LogP contribution in [0.5, 0.6) is 0 Å². The van der Waals surface area contributed by atoms with Crippen LogP contribution in [0.15, 0.2) is 11.6 Å². The molecule has 0 saturated carbocycles. The predicted molar refractivity (Wildman–Crippen MR) is 53.6 cm³/mol. The van der Waals surface area contributed by atoms with Gasteiger partial charge in [-0.3, -0.25) is 0 Å². The van der Waals surface area contributed by atoms with E-state index in [1.165, 1.54) is 5.57 Å². The highest BCUT2D eigenvalue weighted by Gasteiger charge is 1.98. The fourth-order valence-electron chi connectivity index (χ4n) is 0.951. The van der Waals surface area contributed by atoms with Crippen LogP contribution in [0.2, 0.25) is 0 Å². The lowest BCUT2D eigenvalue weighted by Crippen LogP contribution is -1.94. The number of carbonyl (C=O) groups excluding carboxylic acids is 1. The van der Waals surface area contributed by atoms with E-state index < -0.39 is 0 Å². The molecule has 0 saturated heterocycles. The van der Waals surface area contributed by atoms with Gasteiger partial charge in [-0.15, -0.1) is 11.6 Å². The normalized spacial score (nSPS) is 14.4. The summed E-state index contributed by atoms with van der Waals surface area (Å²) in [7, 11) is 0. The zero-order valence-corrected chi connectivity index (χ0v) is 8.60. The largest absolute Gasteiger partial charge is 0.303 e. The Balaban J connectivity index is 3.47. The van der Waals surface area contributed by atoms with Crippen LogP contribution in [0.3, 0.4) is 0 Å². The van der Waals surface area contributed by atoms with Crippen LogP contribution in [0.1, 0.15) is 33.1 Å². The summed E-state index contributed by atoms with van der Waals surface area (Å²) >= 11 is 5.60. The molecule has 0 unspecified atom stereocenters. The molecule has 0 N–H and O–H groups in total. The molecule has 0 aliphatic heterocycles. The topological polar surface area (TPSA) is 17.1 Å². The van der Waals surface area contributed by atoms with E-state index in [-0.39, 0.29) is 0 Å². The molecule has 12 heavy (non-hydrogen) atoms. The first kappa shape index (κ1) is 11.7. The van der Waals surface area contributed by atoms with Gasteiger partial charge in [0.25, 0.3) is 0 Å². The van der Waals surface area contributed by atoms with Crippen molar-refractivity contribution in [2.24, 2.45) is 5.92 Å². The molecule has 0 spiro atoms. The molecular weight excluding hydrogens is 172 g/mol. The van der Waals surface area contributed by atoms with E-state index in [4.69, 9.17) is 11.6 Å². The summed E-state index contributed by atoms with van der Waals surface area (Å²) in [6.45, 7) is 4.12. The molecule has 0 aromatic heterocycles. The van der Waals surface area contributed by atoms with Gasteiger partial charge in [0.05, 0.1) is 0 Å². The van der Waals surface area contributed by atoms with Crippen molar-refractivity contribution in [3.8, 4) is 0 Å². The number of hydrogen-bond donors (Lipinski definition) is 0. The molecule has 0 heterocycles. The lowest BCUT2D eigenvalue weighted by Gasteiger charge is -2.04. The van der Waals surface area contributed by atoms with Crippen LogP contribution >= 0.6 is 11.6 Å². The summed E-state index contributed by atoms with van der Waals surface area (Å²) in [5, 5.41) is 0. The van der Waals surface area contributed by atoms with Gasteiger partial charge in [0.15, 0.2) is 0 Å². The van der Waals surface area contributed by atoms with Crippen LogP contribution < -0.4 is 0 Å². The van der Waals surface area contributed by atoms with Crippen LogP contribution in [0, 0.1) is 5.92 Å². The van der Waals surface area contributed by atoms with Gasteiger partial charge in [0.1, 0.15) is 6.29 Å². The van der Waals surface area contributed by atoms with Gasteiger partial charge in [0.2, 0.25) is 0 Å². The molecule has 0 aromatic carbocycles. The van der Waals surface area contributed by atoms with Crippen molar-refractivity contribution in [1.82, 2.24) is 0 Å². The van der Waals surface area contributed by atoms with E-state index in [0.29, 0.717) is 18.2 Å². The first-order chi connectivity index (χ1) is 5.70. The summed E-state index contributed by atoms with van der Waals surface area (Å²) in [6, 6.07) is 0. The third kappa shape index (κ3) is 6.41. The monoisotopic (exact) mass is 188 g/mol. The van der Waals surface area contributed by atoms with Gasteiger partial charge < -0.3 is 4.79 Å². The SMILES string of the molecule is C/C(=C\CC[C@H](C)CC=O)CCl. The van der Waals surface area contributed by atoms with Gasteiger partial charge in [0, 0.05) is 12.3 Å². The summed E-state index contributed by atoms with van der Waals surface area (Å²) in [5.74, 6) is 1.11. The molecule has 70 valence electrons. The summed E-state index contributed by atoms with van der Waals surface area (Å²) in [4.78, 5) is 10.1. The van der Waals surface area contributed by atoms with Gasteiger partial charge in [-0.25, -0.2) is 0 Å². The molecule has 0 aliphatic rings. The summed E-state index contributed by atoms with van der Waals surface area (Å²) in [6.07, 6.45) is 5.92. The molecule has 0 radical (unpaired) electrons. The molecule has 0 amide bonds. The first-order valence-corrected chi connectivity index (χ1v) is 4.89. The minimum absolute atomic E-state index is 0.502. The Morgan fingerprint density at radius 3 is 2.75 bits per heavy atom.